The third-order valence-electron chi connectivity index (χ3n) is 2.35. The second-order valence-corrected chi connectivity index (χ2v) is 4.08. The highest BCUT2D eigenvalue weighted by atomic mass is 35.5. The van der Waals surface area contributed by atoms with Gasteiger partial charge in [0, 0.05) is 24.8 Å². The lowest BCUT2D eigenvalue weighted by Crippen LogP contribution is -2.45. The molecule has 0 bridgehead atoms. The number of aliphatic carboxylic acids is 1. The van der Waals surface area contributed by atoms with Crippen LogP contribution >= 0.6 is 11.8 Å². The van der Waals surface area contributed by atoms with Crippen molar-refractivity contribution in [2.75, 3.05) is 13.2 Å². The fourth-order valence-corrected chi connectivity index (χ4v) is 1.47. The van der Waals surface area contributed by atoms with Crippen molar-refractivity contribution in [3.8, 4) is 0 Å². The van der Waals surface area contributed by atoms with Crippen LogP contribution in [0.2, 0.25) is 0 Å². The molecule has 0 saturated carbocycles. The Morgan fingerprint density at radius 3 is 2.53 bits per heavy atom. The number of cyclic esters (lactones) is 1. The van der Waals surface area contributed by atoms with Crippen LogP contribution < -0.4 is 0 Å². The molecular formula is C11H16ClNO6. The van der Waals surface area contributed by atoms with Gasteiger partial charge in [-0.3, -0.25) is 4.79 Å². The molecule has 0 aromatic heterocycles. The standard InChI is InChI=1S/C9H12ClNO4.C2H4O2/c1-3-7(12)14-5-9(4-2)6-15-8(13)11(9)10;1-2(3)4/h3H,1,4-6H2,2H3;1H3,(H,3,4). The first-order valence-electron chi connectivity index (χ1n) is 5.40. The minimum absolute atomic E-state index is 0.00356. The van der Waals surface area contributed by atoms with Gasteiger partial charge in [0.2, 0.25) is 0 Å². The maximum atomic E-state index is 11.1. The molecule has 1 fully saturated rings. The Balaban J connectivity index is 0.000000711. The summed E-state index contributed by atoms with van der Waals surface area (Å²) in [5.41, 5.74) is -0.767. The van der Waals surface area contributed by atoms with Crippen LogP contribution in [0.25, 0.3) is 0 Å². The molecule has 1 N–H and O–H groups in total. The molecule has 1 saturated heterocycles. The molecular weight excluding hydrogens is 278 g/mol. The molecule has 1 aliphatic rings. The maximum absolute atomic E-state index is 11.1. The number of nitrogens with zero attached hydrogens (tertiary/aromatic N) is 1. The summed E-state index contributed by atoms with van der Waals surface area (Å²) < 4.78 is 10.6. The summed E-state index contributed by atoms with van der Waals surface area (Å²) in [5.74, 6) is -1.38. The number of halogens is 1. The van der Waals surface area contributed by atoms with Crippen molar-refractivity contribution >= 4 is 29.8 Å². The van der Waals surface area contributed by atoms with Gasteiger partial charge in [0.25, 0.3) is 5.97 Å². The Bertz CT molecular complexity index is 368. The van der Waals surface area contributed by atoms with Crippen molar-refractivity contribution in [1.29, 1.82) is 0 Å². The van der Waals surface area contributed by atoms with E-state index < -0.39 is 23.6 Å². The number of carboxylic acids is 1. The predicted octanol–water partition coefficient (Wildman–Crippen LogP) is 1.56. The average Bonchev–Trinajstić information content (AvgIpc) is 2.64. The Hall–Kier alpha value is -1.76. The summed E-state index contributed by atoms with van der Waals surface area (Å²) in [5, 5.41) is 7.42. The summed E-state index contributed by atoms with van der Waals surface area (Å²) in [6.07, 6.45) is 0.972. The van der Waals surface area contributed by atoms with E-state index in [9.17, 15) is 9.59 Å². The average molecular weight is 294 g/mol. The van der Waals surface area contributed by atoms with Gasteiger partial charge in [-0.05, 0) is 6.42 Å². The number of ether oxygens (including phenoxy) is 2. The lowest BCUT2D eigenvalue weighted by molar-refractivity contribution is -0.140. The molecule has 0 spiro atoms. The normalized spacial score (nSPS) is 21.0. The Kier molecular flexibility index (Phi) is 6.92. The molecule has 0 aliphatic carbocycles. The number of rotatable bonds is 4. The first-order valence-corrected chi connectivity index (χ1v) is 5.74. The highest BCUT2D eigenvalue weighted by molar-refractivity contribution is 6.21. The van der Waals surface area contributed by atoms with E-state index in [0.717, 1.165) is 17.4 Å². The number of carbonyl (C=O) groups excluding carboxylic acids is 2. The predicted molar refractivity (Wildman–Crippen MR) is 66.5 cm³/mol. The topological polar surface area (TPSA) is 93.1 Å². The van der Waals surface area contributed by atoms with Crippen LogP contribution in [0.15, 0.2) is 12.7 Å². The summed E-state index contributed by atoms with van der Waals surface area (Å²) in [6.45, 7) is 6.31. The van der Waals surface area contributed by atoms with E-state index in [0.29, 0.717) is 6.42 Å². The minimum Gasteiger partial charge on any atom is -0.481 e. The van der Waals surface area contributed by atoms with E-state index in [1.54, 1.807) is 0 Å². The number of esters is 1. The zero-order valence-corrected chi connectivity index (χ0v) is 11.5. The van der Waals surface area contributed by atoms with E-state index in [1.165, 1.54) is 0 Å². The van der Waals surface area contributed by atoms with E-state index >= 15 is 0 Å². The summed E-state index contributed by atoms with van der Waals surface area (Å²) in [6, 6.07) is 0. The van der Waals surface area contributed by atoms with Crippen molar-refractivity contribution in [3.63, 3.8) is 0 Å². The first-order chi connectivity index (χ1) is 8.79. The molecule has 0 radical (unpaired) electrons. The first kappa shape index (κ1) is 17.2. The minimum atomic E-state index is -0.833. The quantitative estimate of drug-likeness (QED) is 0.480. The summed E-state index contributed by atoms with van der Waals surface area (Å²) >= 11 is 5.75. The number of carboxylic acid groups (broad SMARTS) is 1. The summed E-state index contributed by atoms with van der Waals surface area (Å²) in [7, 11) is 0. The number of amides is 1. The van der Waals surface area contributed by atoms with E-state index in [1.807, 2.05) is 6.92 Å². The van der Waals surface area contributed by atoms with Crippen LogP contribution in [0.3, 0.4) is 0 Å². The Morgan fingerprint density at radius 2 is 2.21 bits per heavy atom. The van der Waals surface area contributed by atoms with Gasteiger partial charge in [-0.1, -0.05) is 13.5 Å². The maximum Gasteiger partial charge on any atom is 0.425 e. The van der Waals surface area contributed by atoms with E-state index in [2.05, 4.69) is 6.58 Å². The highest BCUT2D eigenvalue weighted by Gasteiger charge is 2.47. The van der Waals surface area contributed by atoms with Crippen molar-refractivity contribution in [2.45, 2.75) is 25.8 Å². The van der Waals surface area contributed by atoms with Crippen LogP contribution in [0.1, 0.15) is 20.3 Å². The molecule has 8 heteroatoms. The van der Waals surface area contributed by atoms with Crippen molar-refractivity contribution in [2.24, 2.45) is 0 Å². The molecule has 0 aromatic rings. The molecule has 19 heavy (non-hydrogen) atoms. The van der Waals surface area contributed by atoms with Gasteiger partial charge < -0.3 is 14.6 Å². The van der Waals surface area contributed by atoms with Crippen LogP contribution in [0.5, 0.6) is 0 Å². The molecule has 1 heterocycles. The van der Waals surface area contributed by atoms with Gasteiger partial charge in [-0.15, -0.1) is 0 Å². The van der Waals surface area contributed by atoms with Gasteiger partial charge in [-0.25, -0.2) is 14.0 Å². The molecule has 1 aliphatic heterocycles. The number of hydrogen-bond acceptors (Lipinski definition) is 5. The SMILES string of the molecule is C=CC(=O)OCC1(CC)COC(=O)N1Cl.CC(=O)O. The van der Waals surface area contributed by atoms with Gasteiger partial charge in [0.15, 0.2) is 0 Å². The largest absolute Gasteiger partial charge is 0.481 e. The van der Waals surface area contributed by atoms with E-state index in [4.69, 9.17) is 31.2 Å². The summed E-state index contributed by atoms with van der Waals surface area (Å²) in [4.78, 5) is 31.0. The smallest absolute Gasteiger partial charge is 0.425 e. The Labute approximate surface area is 115 Å². The molecule has 0 aromatic carbocycles. The molecule has 1 unspecified atom stereocenters. The fourth-order valence-electron chi connectivity index (χ4n) is 1.21. The molecule has 1 rings (SSSR count). The molecule has 1 atom stereocenters. The van der Waals surface area contributed by atoms with Gasteiger partial charge >= 0.3 is 12.1 Å². The third kappa shape index (κ3) is 5.17. The number of hydrogen-bond donors (Lipinski definition) is 1. The molecule has 1 amide bonds. The lowest BCUT2D eigenvalue weighted by atomic mass is 10.00. The zero-order valence-electron chi connectivity index (χ0n) is 10.7. The second kappa shape index (κ2) is 7.63. The number of carbonyl (C=O) groups is 3. The van der Waals surface area contributed by atoms with Crippen LogP contribution in [0, 0.1) is 0 Å². The fraction of sp³-hybridized carbons (Fsp3) is 0.545. The third-order valence-corrected chi connectivity index (χ3v) is 2.85. The van der Waals surface area contributed by atoms with Crippen LogP contribution in [0.4, 0.5) is 4.79 Å². The van der Waals surface area contributed by atoms with Crippen molar-refractivity contribution in [1.82, 2.24) is 4.42 Å². The molecule has 7 nitrogen and oxygen atoms in total. The van der Waals surface area contributed by atoms with Gasteiger partial charge in [0.1, 0.15) is 18.8 Å². The van der Waals surface area contributed by atoms with Crippen LogP contribution in [-0.2, 0) is 19.1 Å². The van der Waals surface area contributed by atoms with Gasteiger partial charge in [0.05, 0.1) is 0 Å². The highest BCUT2D eigenvalue weighted by Crippen LogP contribution is 2.30. The Morgan fingerprint density at radius 1 is 1.68 bits per heavy atom. The molecule has 108 valence electrons. The van der Waals surface area contributed by atoms with Gasteiger partial charge in [-0.2, -0.15) is 0 Å². The van der Waals surface area contributed by atoms with Crippen molar-refractivity contribution < 1.29 is 29.0 Å². The second-order valence-electron chi connectivity index (χ2n) is 3.74. The monoisotopic (exact) mass is 293 g/mol. The van der Waals surface area contributed by atoms with Crippen molar-refractivity contribution in [3.05, 3.63) is 12.7 Å². The van der Waals surface area contributed by atoms with E-state index in [-0.39, 0.29) is 13.2 Å². The van der Waals surface area contributed by atoms with Crippen LogP contribution in [-0.4, -0.2) is 46.3 Å². The zero-order chi connectivity index (χ0) is 15.1. The lowest BCUT2D eigenvalue weighted by Gasteiger charge is -2.28.